The number of nitrogens with zero attached hydrogens (tertiary/aromatic N) is 2. The molecule has 0 aliphatic heterocycles. The van der Waals surface area contributed by atoms with Gasteiger partial charge in [-0.2, -0.15) is 5.10 Å². The van der Waals surface area contributed by atoms with E-state index in [1.165, 1.54) is 0 Å². The van der Waals surface area contributed by atoms with Crippen molar-refractivity contribution in [3.8, 4) is 5.69 Å². The monoisotopic (exact) mass is 361 g/mol. The SMILES string of the molecule is Cc1ccc(C(=O)CCC(=O)Nc2cccc(-n3nc(C)cc3C)c2)cc1. The van der Waals surface area contributed by atoms with Crippen LogP contribution in [0, 0.1) is 20.8 Å². The Labute approximate surface area is 159 Å². The summed E-state index contributed by atoms with van der Waals surface area (Å²) in [6.07, 6.45) is 0.336. The Kier molecular flexibility index (Phi) is 5.50. The topological polar surface area (TPSA) is 64.0 Å². The van der Waals surface area contributed by atoms with E-state index in [-0.39, 0.29) is 24.5 Å². The van der Waals surface area contributed by atoms with Crippen molar-refractivity contribution < 1.29 is 9.59 Å². The van der Waals surface area contributed by atoms with Crippen LogP contribution in [0.2, 0.25) is 0 Å². The molecule has 0 bridgehead atoms. The number of aryl methyl sites for hydroxylation is 3. The molecule has 5 heteroatoms. The molecule has 3 rings (SSSR count). The minimum Gasteiger partial charge on any atom is -0.326 e. The standard InChI is InChI=1S/C22H23N3O2/c1-15-7-9-18(10-8-15)21(26)11-12-22(27)23-19-5-4-6-20(14-19)25-17(3)13-16(2)24-25/h4-10,13-14H,11-12H2,1-3H3,(H,23,27). The largest absolute Gasteiger partial charge is 0.326 e. The number of carbonyl (C=O) groups excluding carboxylic acids is 2. The van der Waals surface area contributed by atoms with E-state index < -0.39 is 0 Å². The molecule has 0 saturated heterocycles. The predicted molar refractivity (Wildman–Crippen MR) is 106 cm³/mol. The number of Topliss-reactive ketones (excluding diaryl/α,β-unsaturated/α-hetero) is 1. The summed E-state index contributed by atoms with van der Waals surface area (Å²) in [6.45, 7) is 5.91. The molecule has 1 aromatic heterocycles. The lowest BCUT2D eigenvalue weighted by atomic mass is 10.0. The Balaban J connectivity index is 1.61. The summed E-state index contributed by atoms with van der Waals surface area (Å²) in [5, 5.41) is 7.32. The zero-order valence-corrected chi connectivity index (χ0v) is 15.8. The summed E-state index contributed by atoms with van der Waals surface area (Å²) in [7, 11) is 0. The number of nitrogens with one attached hydrogen (secondary N) is 1. The molecule has 1 N–H and O–H groups in total. The van der Waals surface area contributed by atoms with Crippen molar-refractivity contribution in [2.24, 2.45) is 0 Å². The highest BCUT2D eigenvalue weighted by atomic mass is 16.2. The molecule has 0 atom stereocenters. The second-order valence-electron chi connectivity index (χ2n) is 6.73. The zero-order valence-electron chi connectivity index (χ0n) is 15.8. The molecular formula is C22H23N3O2. The average molecular weight is 361 g/mol. The van der Waals surface area contributed by atoms with Crippen molar-refractivity contribution in [3.05, 3.63) is 77.1 Å². The predicted octanol–water partition coefficient (Wildman–Crippen LogP) is 4.40. The molecule has 3 aromatic rings. The maximum Gasteiger partial charge on any atom is 0.224 e. The van der Waals surface area contributed by atoms with Crippen LogP contribution in [0.1, 0.15) is 40.2 Å². The number of ketones is 1. The molecule has 138 valence electrons. The highest BCUT2D eigenvalue weighted by Crippen LogP contribution is 2.17. The molecule has 1 amide bonds. The first-order valence-electron chi connectivity index (χ1n) is 8.96. The molecule has 0 aliphatic rings. The third-order valence-corrected chi connectivity index (χ3v) is 4.34. The Bertz CT molecular complexity index is 971. The number of benzene rings is 2. The van der Waals surface area contributed by atoms with E-state index in [2.05, 4.69) is 10.4 Å². The summed E-state index contributed by atoms with van der Waals surface area (Å²) in [5.74, 6) is -0.206. The molecule has 2 aromatic carbocycles. The lowest BCUT2D eigenvalue weighted by Crippen LogP contribution is -2.14. The van der Waals surface area contributed by atoms with Gasteiger partial charge in [0.25, 0.3) is 0 Å². The quantitative estimate of drug-likeness (QED) is 0.662. The van der Waals surface area contributed by atoms with E-state index in [9.17, 15) is 9.59 Å². The van der Waals surface area contributed by atoms with Crippen LogP contribution in [0.4, 0.5) is 5.69 Å². The van der Waals surface area contributed by atoms with Crippen LogP contribution in [-0.2, 0) is 4.79 Å². The van der Waals surface area contributed by atoms with E-state index in [0.29, 0.717) is 11.3 Å². The van der Waals surface area contributed by atoms with Crippen LogP contribution in [0.25, 0.3) is 5.69 Å². The van der Waals surface area contributed by atoms with Gasteiger partial charge in [-0.15, -0.1) is 0 Å². The summed E-state index contributed by atoms with van der Waals surface area (Å²) in [6, 6.07) is 16.9. The number of hydrogen-bond acceptors (Lipinski definition) is 3. The van der Waals surface area contributed by atoms with E-state index in [4.69, 9.17) is 0 Å². The van der Waals surface area contributed by atoms with Crippen LogP contribution in [-0.4, -0.2) is 21.5 Å². The number of anilines is 1. The van der Waals surface area contributed by atoms with Crippen molar-refractivity contribution in [1.82, 2.24) is 9.78 Å². The number of rotatable bonds is 6. The fourth-order valence-corrected chi connectivity index (χ4v) is 2.94. The van der Waals surface area contributed by atoms with Crippen LogP contribution in [0.3, 0.4) is 0 Å². The molecule has 0 unspecified atom stereocenters. The molecule has 27 heavy (non-hydrogen) atoms. The highest BCUT2D eigenvalue weighted by molar-refractivity contribution is 6.00. The van der Waals surface area contributed by atoms with Crippen molar-refractivity contribution in [2.75, 3.05) is 5.32 Å². The Morgan fingerprint density at radius 2 is 1.70 bits per heavy atom. The fraction of sp³-hybridized carbons (Fsp3) is 0.227. The van der Waals surface area contributed by atoms with Crippen molar-refractivity contribution >= 4 is 17.4 Å². The highest BCUT2D eigenvalue weighted by Gasteiger charge is 2.10. The number of hydrogen-bond donors (Lipinski definition) is 1. The van der Waals surface area contributed by atoms with Gasteiger partial charge >= 0.3 is 0 Å². The van der Waals surface area contributed by atoms with E-state index in [0.717, 1.165) is 22.6 Å². The van der Waals surface area contributed by atoms with E-state index in [1.807, 2.05) is 67.9 Å². The first-order chi connectivity index (χ1) is 12.9. The van der Waals surface area contributed by atoms with Gasteiger partial charge in [0, 0.05) is 29.8 Å². The van der Waals surface area contributed by atoms with Crippen molar-refractivity contribution in [3.63, 3.8) is 0 Å². The number of amides is 1. The van der Waals surface area contributed by atoms with Crippen LogP contribution in [0.15, 0.2) is 54.6 Å². The lowest BCUT2D eigenvalue weighted by Gasteiger charge is -2.09. The maximum absolute atomic E-state index is 12.2. The van der Waals surface area contributed by atoms with Gasteiger partial charge < -0.3 is 5.32 Å². The molecule has 1 heterocycles. The lowest BCUT2D eigenvalue weighted by molar-refractivity contribution is -0.116. The Morgan fingerprint density at radius 1 is 0.963 bits per heavy atom. The van der Waals surface area contributed by atoms with Crippen molar-refractivity contribution in [1.29, 1.82) is 0 Å². The van der Waals surface area contributed by atoms with Crippen LogP contribution in [0.5, 0.6) is 0 Å². The summed E-state index contributed by atoms with van der Waals surface area (Å²) < 4.78 is 1.84. The third-order valence-electron chi connectivity index (χ3n) is 4.34. The van der Waals surface area contributed by atoms with Gasteiger partial charge in [0.05, 0.1) is 11.4 Å². The van der Waals surface area contributed by atoms with Crippen LogP contribution < -0.4 is 5.32 Å². The van der Waals surface area contributed by atoms with Gasteiger partial charge in [-0.1, -0.05) is 35.9 Å². The smallest absolute Gasteiger partial charge is 0.224 e. The summed E-state index contributed by atoms with van der Waals surface area (Å²) >= 11 is 0. The maximum atomic E-state index is 12.2. The molecule has 0 fully saturated rings. The summed E-state index contributed by atoms with van der Waals surface area (Å²) in [5.41, 5.74) is 5.28. The third kappa shape index (κ3) is 4.70. The van der Waals surface area contributed by atoms with Gasteiger partial charge in [-0.3, -0.25) is 9.59 Å². The first kappa shape index (κ1) is 18.6. The Morgan fingerprint density at radius 3 is 2.37 bits per heavy atom. The van der Waals surface area contributed by atoms with Gasteiger partial charge in [-0.25, -0.2) is 4.68 Å². The average Bonchev–Trinajstić information content (AvgIpc) is 2.99. The van der Waals surface area contributed by atoms with Gasteiger partial charge in [0.2, 0.25) is 5.91 Å². The van der Waals surface area contributed by atoms with E-state index >= 15 is 0 Å². The van der Waals surface area contributed by atoms with Crippen molar-refractivity contribution in [2.45, 2.75) is 33.6 Å². The van der Waals surface area contributed by atoms with Gasteiger partial charge in [0.1, 0.15) is 0 Å². The minimum atomic E-state index is -0.180. The summed E-state index contributed by atoms with van der Waals surface area (Å²) in [4.78, 5) is 24.4. The normalized spacial score (nSPS) is 10.6. The molecular weight excluding hydrogens is 338 g/mol. The minimum absolute atomic E-state index is 0.0264. The number of aromatic nitrogens is 2. The molecule has 0 radical (unpaired) electrons. The fourth-order valence-electron chi connectivity index (χ4n) is 2.94. The Hall–Kier alpha value is -3.21. The number of carbonyl (C=O) groups is 2. The molecule has 0 spiro atoms. The first-order valence-corrected chi connectivity index (χ1v) is 8.96. The van der Waals surface area contributed by atoms with E-state index in [1.54, 1.807) is 12.1 Å². The molecule has 0 saturated carbocycles. The second-order valence-corrected chi connectivity index (χ2v) is 6.73. The second kappa shape index (κ2) is 7.99. The zero-order chi connectivity index (χ0) is 19.4. The van der Waals surface area contributed by atoms with Crippen LogP contribution >= 0.6 is 0 Å². The molecule has 5 nitrogen and oxygen atoms in total. The van der Waals surface area contributed by atoms with Gasteiger partial charge in [0.15, 0.2) is 5.78 Å². The molecule has 0 aliphatic carbocycles. The van der Waals surface area contributed by atoms with Gasteiger partial charge in [-0.05, 0) is 45.0 Å².